The summed E-state index contributed by atoms with van der Waals surface area (Å²) in [6.07, 6.45) is 1.92. The number of hydrogen-bond donors (Lipinski definition) is 0. The van der Waals surface area contributed by atoms with E-state index in [-0.39, 0.29) is 11.5 Å². The summed E-state index contributed by atoms with van der Waals surface area (Å²) in [5, 5.41) is 0.238. The first kappa shape index (κ1) is 12.4. The molecule has 2 rings (SSSR count). The van der Waals surface area contributed by atoms with Crippen LogP contribution >= 0.6 is 11.6 Å². The molecule has 1 aromatic rings. The van der Waals surface area contributed by atoms with Gasteiger partial charge >= 0.3 is 0 Å². The topological polar surface area (TPSA) is 27.7 Å². The van der Waals surface area contributed by atoms with E-state index < -0.39 is 0 Å². The molecule has 4 heteroatoms. The molecule has 1 saturated carbocycles. The molecule has 17 heavy (non-hydrogen) atoms. The molecule has 0 bridgehead atoms. The Morgan fingerprint density at radius 1 is 1.12 bits per heavy atom. The van der Waals surface area contributed by atoms with Crippen molar-refractivity contribution in [3.8, 4) is 17.2 Å². The van der Waals surface area contributed by atoms with Gasteiger partial charge in [-0.3, -0.25) is 0 Å². The van der Waals surface area contributed by atoms with Crippen LogP contribution in [0.15, 0.2) is 12.1 Å². The SMILES string of the molecule is COc1cc(C)cc(OC)c1OC1CC(Cl)C1. The van der Waals surface area contributed by atoms with Crippen LogP contribution in [0, 0.1) is 6.92 Å². The van der Waals surface area contributed by atoms with Gasteiger partial charge in [0.1, 0.15) is 6.10 Å². The number of alkyl halides is 1. The van der Waals surface area contributed by atoms with Crippen LogP contribution in [-0.2, 0) is 0 Å². The van der Waals surface area contributed by atoms with Gasteiger partial charge in [-0.1, -0.05) is 0 Å². The zero-order chi connectivity index (χ0) is 12.4. The van der Waals surface area contributed by atoms with Crippen molar-refractivity contribution in [2.24, 2.45) is 0 Å². The first-order chi connectivity index (χ1) is 8.13. The highest BCUT2D eigenvalue weighted by atomic mass is 35.5. The fourth-order valence-electron chi connectivity index (χ4n) is 1.89. The normalized spacial score (nSPS) is 22.8. The molecule has 1 aromatic carbocycles. The monoisotopic (exact) mass is 256 g/mol. The predicted molar refractivity (Wildman–Crippen MR) is 67.6 cm³/mol. The molecule has 0 heterocycles. The molecule has 0 aromatic heterocycles. The summed E-state index contributed by atoms with van der Waals surface area (Å²) in [5.41, 5.74) is 1.08. The molecule has 1 fully saturated rings. The number of methoxy groups -OCH3 is 2. The summed E-state index contributed by atoms with van der Waals surface area (Å²) in [7, 11) is 3.26. The van der Waals surface area contributed by atoms with Gasteiger partial charge in [0, 0.05) is 18.2 Å². The Kier molecular flexibility index (Phi) is 3.67. The lowest BCUT2D eigenvalue weighted by Crippen LogP contribution is -2.34. The summed E-state index contributed by atoms with van der Waals surface area (Å²) < 4.78 is 16.5. The molecule has 0 spiro atoms. The summed E-state index contributed by atoms with van der Waals surface area (Å²) in [6, 6.07) is 3.88. The van der Waals surface area contributed by atoms with Crippen molar-refractivity contribution in [1.82, 2.24) is 0 Å². The highest BCUT2D eigenvalue weighted by Gasteiger charge is 2.30. The molecule has 0 N–H and O–H groups in total. The minimum Gasteiger partial charge on any atom is -0.493 e. The first-order valence-electron chi connectivity index (χ1n) is 5.67. The zero-order valence-electron chi connectivity index (χ0n) is 10.3. The molecule has 0 aliphatic heterocycles. The van der Waals surface area contributed by atoms with E-state index in [0.717, 1.165) is 18.4 Å². The second kappa shape index (κ2) is 5.05. The number of ether oxygens (including phenoxy) is 3. The average molecular weight is 257 g/mol. The maximum Gasteiger partial charge on any atom is 0.203 e. The minimum atomic E-state index is 0.169. The van der Waals surface area contributed by atoms with E-state index in [9.17, 15) is 0 Å². The van der Waals surface area contributed by atoms with Crippen molar-refractivity contribution in [3.05, 3.63) is 17.7 Å². The fraction of sp³-hybridized carbons (Fsp3) is 0.538. The molecule has 94 valence electrons. The van der Waals surface area contributed by atoms with E-state index in [0.29, 0.717) is 17.2 Å². The van der Waals surface area contributed by atoms with Crippen LogP contribution in [0.3, 0.4) is 0 Å². The molecule has 0 radical (unpaired) electrons. The van der Waals surface area contributed by atoms with Crippen LogP contribution in [0.2, 0.25) is 0 Å². The van der Waals surface area contributed by atoms with Gasteiger partial charge in [0.2, 0.25) is 5.75 Å². The van der Waals surface area contributed by atoms with Crippen molar-refractivity contribution in [1.29, 1.82) is 0 Å². The molecular weight excluding hydrogens is 240 g/mol. The summed E-state index contributed by atoms with van der Waals surface area (Å²) in [6.45, 7) is 1.99. The first-order valence-corrected chi connectivity index (χ1v) is 6.11. The number of benzene rings is 1. The lowest BCUT2D eigenvalue weighted by molar-refractivity contribution is 0.115. The summed E-state index contributed by atoms with van der Waals surface area (Å²) in [4.78, 5) is 0. The predicted octanol–water partition coefficient (Wildman–Crippen LogP) is 3.16. The minimum absolute atomic E-state index is 0.169. The zero-order valence-corrected chi connectivity index (χ0v) is 11.1. The summed E-state index contributed by atoms with van der Waals surface area (Å²) >= 11 is 5.94. The average Bonchev–Trinajstić information content (AvgIpc) is 2.28. The third-order valence-electron chi connectivity index (χ3n) is 2.93. The standard InChI is InChI=1S/C13H17ClO3/c1-8-4-11(15-2)13(12(5-8)16-3)17-10-6-9(14)7-10/h4-5,9-10H,6-7H2,1-3H3. The van der Waals surface area contributed by atoms with E-state index in [2.05, 4.69) is 0 Å². The van der Waals surface area contributed by atoms with E-state index >= 15 is 0 Å². The van der Waals surface area contributed by atoms with Crippen LogP contribution in [0.1, 0.15) is 18.4 Å². The lowest BCUT2D eigenvalue weighted by atomic mass is 9.95. The van der Waals surface area contributed by atoms with Crippen LogP contribution in [-0.4, -0.2) is 25.7 Å². The molecular formula is C13H17ClO3. The molecule has 0 saturated heterocycles. The second-order valence-corrected chi connectivity index (χ2v) is 4.92. The van der Waals surface area contributed by atoms with E-state index in [1.165, 1.54) is 0 Å². The van der Waals surface area contributed by atoms with Crippen LogP contribution in [0.4, 0.5) is 0 Å². The summed E-state index contributed by atoms with van der Waals surface area (Å²) in [5.74, 6) is 2.09. The molecule has 1 aliphatic carbocycles. The fourth-order valence-corrected chi connectivity index (χ4v) is 2.29. The maximum absolute atomic E-state index is 5.94. The Labute approximate surface area is 107 Å². The molecule has 0 amide bonds. The smallest absolute Gasteiger partial charge is 0.203 e. The third kappa shape index (κ3) is 2.60. The van der Waals surface area contributed by atoms with E-state index in [1.54, 1.807) is 14.2 Å². The Hall–Kier alpha value is -1.09. The van der Waals surface area contributed by atoms with Crippen molar-refractivity contribution in [2.75, 3.05) is 14.2 Å². The second-order valence-electron chi connectivity index (χ2n) is 4.31. The van der Waals surface area contributed by atoms with Gasteiger partial charge in [0.05, 0.1) is 14.2 Å². The van der Waals surface area contributed by atoms with E-state index in [1.807, 2.05) is 19.1 Å². The van der Waals surface area contributed by atoms with Crippen molar-refractivity contribution in [2.45, 2.75) is 31.2 Å². The molecule has 0 atom stereocenters. The molecule has 0 unspecified atom stereocenters. The Bertz CT molecular complexity index is 375. The van der Waals surface area contributed by atoms with Crippen molar-refractivity contribution in [3.63, 3.8) is 0 Å². The van der Waals surface area contributed by atoms with Gasteiger partial charge in [0.15, 0.2) is 11.5 Å². The molecule has 3 nitrogen and oxygen atoms in total. The highest BCUT2D eigenvalue weighted by Crippen LogP contribution is 2.41. The van der Waals surface area contributed by atoms with Gasteiger partial charge in [-0.25, -0.2) is 0 Å². The number of hydrogen-bond acceptors (Lipinski definition) is 3. The van der Waals surface area contributed by atoms with E-state index in [4.69, 9.17) is 25.8 Å². The molecule has 1 aliphatic rings. The quantitative estimate of drug-likeness (QED) is 0.775. The Morgan fingerprint density at radius 2 is 1.65 bits per heavy atom. The van der Waals surface area contributed by atoms with Crippen molar-refractivity contribution >= 4 is 11.6 Å². The van der Waals surface area contributed by atoms with Crippen molar-refractivity contribution < 1.29 is 14.2 Å². The Morgan fingerprint density at radius 3 is 2.06 bits per heavy atom. The maximum atomic E-state index is 5.94. The highest BCUT2D eigenvalue weighted by molar-refractivity contribution is 6.21. The van der Waals surface area contributed by atoms with Gasteiger partial charge in [-0.2, -0.15) is 0 Å². The van der Waals surface area contributed by atoms with Crippen LogP contribution in [0.5, 0.6) is 17.2 Å². The number of aryl methyl sites for hydroxylation is 1. The Balaban J connectivity index is 2.23. The van der Waals surface area contributed by atoms with Gasteiger partial charge in [0.25, 0.3) is 0 Å². The lowest BCUT2D eigenvalue weighted by Gasteiger charge is -2.32. The third-order valence-corrected chi connectivity index (χ3v) is 3.28. The van der Waals surface area contributed by atoms with Crippen LogP contribution < -0.4 is 14.2 Å². The number of halogens is 1. The largest absolute Gasteiger partial charge is 0.493 e. The van der Waals surface area contributed by atoms with Gasteiger partial charge in [-0.05, 0) is 24.6 Å². The van der Waals surface area contributed by atoms with Crippen LogP contribution in [0.25, 0.3) is 0 Å². The van der Waals surface area contributed by atoms with Gasteiger partial charge < -0.3 is 14.2 Å². The van der Waals surface area contributed by atoms with Gasteiger partial charge in [-0.15, -0.1) is 11.6 Å². The number of rotatable bonds is 4.